The SMILES string of the molecule is [Se]=C1[C]=c2ccccc2=N1. The molecule has 2 heteroatoms. The van der Waals surface area contributed by atoms with Gasteiger partial charge in [-0.05, 0) is 0 Å². The van der Waals surface area contributed by atoms with E-state index in [1.165, 1.54) is 0 Å². The molecule has 1 aromatic carbocycles. The van der Waals surface area contributed by atoms with Gasteiger partial charge in [0.2, 0.25) is 0 Å². The molecule has 0 bridgehead atoms. The molecular formula is C8H4NSe. The first-order valence-electron chi connectivity index (χ1n) is 2.98. The third-order valence-electron chi connectivity index (χ3n) is 1.37. The van der Waals surface area contributed by atoms with Gasteiger partial charge in [-0.2, -0.15) is 0 Å². The van der Waals surface area contributed by atoms with Crippen molar-refractivity contribution < 1.29 is 0 Å². The molecule has 1 aromatic rings. The van der Waals surface area contributed by atoms with Crippen molar-refractivity contribution >= 4 is 26.2 Å². The predicted molar refractivity (Wildman–Crippen MR) is 41.4 cm³/mol. The molecule has 0 saturated heterocycles. The van der Waals surface area contributed by atoms with E-state index < -0.39 is 0 Å². The van der Waals surface area contributed by atoms with Crippen LogP contribution < -0.4 is 10.6 Å². The molecule has 1 aliphatic heterocycles. The topological polar surface area (TPSA) is 12.4 Å². The van der Waals surface area contributed by atoms with Crippen molar-refractivity contribution in [2.75, 3.05) is 0 Å². The Bertz CT molecular complexity index is 355. The quantitative estimate of drug-likeness (QED) is 0.482. The number of nitrogens with zero attached hydrogens (tertiary/aromatic N) is 1. The molecular weight excluding hydrogens is 189 g/mol. The van der Waals surface area contributed by atoms with Crippen LogP contribution in [0.4, 0.5) is 0 Å². The van der Waals surface area contributed by atoms with E-state index in [0.717, 1.165) is 15.1 Å². The molecule has 0 aliphatic carbocycles. The van der Waals surface area contributed by atoms with E-state index in [1.54, 1.807) is 0 Å². The Labute approximate surface area is 66.5 Å². The maximum atomic E-state index is 4.20. The van der Waals surface area contributed by atoms with Gasteiger partial charge in [-0.3, -0.25) is 0 Å². The standard InChI is InChI=1S/C8H4NSe/c10-8-5-6-3-1-2-4-7(6)9-8/h1-4H. The number of rotatable bonds is 0. The van der Waals surface area contributed by atoms with E-state index in [0.29, 0.717) is 0 Å². The molecule has 0 atom stereocenters. The van der Waals surface area contributed by atoms with Crippen LogP contribution in [-0.4, -0.2) is 20.1 Å². The Hall–Kier alpha value is -0.721. The molecule has 47 valence electrons. The van der Waals surface area contributed by atoms with Gasteiger partial charge in [0.05, 0.1) is 0 Å². The first kappa shape index (κ1) is 6.02. The Kier molecular flexibility index (Phi) is 1.30. The molecule has 0 unspecified atom stereocenters. The van der Waals surface area contributed by atoms with Crippen LogP contribution in [0.2, 0.25) is 0 Å². The van der Waals surface area contributed by atoms with Crippen LogP contribution in [-0.2, 0) is 0 Å². The molecule has 2 rings (SSSR count). The fraction of sp³-hybridized carbons (Fsp3) is 0. The van der Waals surface area contributed by atoms with Gasteiger partial charge >= 0.3 is 66.0 Å². The number of fused-ring (bicyclic) bond motifs is 1. The van der Waals surface area contributed by atoms with Gasteiger partial charge in [0.25, 0.3) is 0 Å². The van der Waals surface area contributed by atoms with Crippen molar-refractivity contribution in [1.82, 2.24) is 0 Å². The van der Waals surface area contributed by atoms with E-state index in [1.807, 2.05) is 24.3 Å². The van der Waals surface area contributed by atoms with Crippen LogP contribution in [0.5, 0.6) is 0 Å². The Morgan fingerprint density at radius 1 is 1.30 bits per heavy atom. The normalized spacial score (nSPS) is 13.8. The summed E-state index contributed by atoms with van der Waals surface area (Å²) in [4.78, 5) is 4.20. The Balaban J connectivity index is 2.96. The van der Waals surface area contributed by atoms with Gasteiger partial charge < -0.3 is 0 Å². The van der Waals surface area contributed by atoms with Crippen LogP contribution >= 0.6 is 0 Å². The average molecular weight is 193 g/mol. The molecule has 1 aliphatic rings. The predicted octanol–water partition coefficient (Wildman–Crippen LogP) is -0.724. The monoisotopic (exact) mass is 194 g/mol. The number of para-hydroxylation sites is 1. The van der Waals surface area contributed by atoms with Crippen LogP contribution in [0.15, 0.2) is 29.3 Å². The van der Waals surface area contributed by atoms with Crippen molar-refractivity contribution in [2.24, 2.45) is 4.99 Å². The number of hydrogen-bond acceptors (Lipinski definition) is 1. The summed E-state index contributed by atoms with van der Waals surface area (Å²) in [5.74, 6) is 0. The fourth-order valence-electron chi connectivity index (χ4n) is 0.929. The third-order valence-corrected chi connectivity index (χ3v) is 1.77. The van der Waals surface area contributed by atoms with Gasteiger partial charge in [0.15, 0.2) is 0 Å². The third kappa shape index (κ3) is 0.859. The minimum atomic E-state index is 0.848. The Morgan fingerprint density at radius 3 is 2.90 bits per heavy atom. The van der Waals surface area contributed by atoms with Gasteiger partial charge in [0, 0.05) is 0 Å². The van der Waals surface area contributed by atoms with Crippen molar-refractivity contribution in [1.29, 1.82) is 0 Å². The minimum absolute atomic E-state index is 0.848. The first-order chi connectivity index (χ1) is 4.86. The second-order valence-corrected chi connectivity index (χ2v) is 2.87. The fourth-order valence-corrected chi connectivity index (χ4v) is 1.37. The summed E-state index contributed by atoms with van der Waals surface area (Å²) < 4.78 is 0.848. The number of benzene rings is 1. The van der Waals surface area contributed by atoms with Gasteiger partial charge in [0.1, 0.15) is 0 Å². The summed E-state index contributed by atoms with van der Waals surface area (Å²) in [6.45, 7) is 0. The zero-order chi connectivity index (χ0) is 6.97. The van der Waals surface area contributed by atoms with Crippen LogP contribution in [0, 0.1) is 0 Å². The van der Waals surface area contributed by atoms with Gasteiger partial charge in [-0.25, -0.2) is 0 Å². The molecule has 0 aromatic heterocycles. The van der Waals surface area contributed by atoms with Crippen LogP contribution in [0.25, 0.3) is 6.08 Å². The summed E-state index contributed by atoms with van der Waals surface area (Å²) in [5, 5.41) is 2.09. The van der Waals surface area contributed by atoms with Crippen molar-refractivity contribution in [3.63, 3.8) is 0 Å². The second-order valence-electron chi connectivity index (χ2n) is 2.06. The summed E-state index contributed by atoms with van der Waals surface area (Å²) in [6, 6.07) is 7.94. The first-order valence-corrected chi connectivity index (χ1v) is 3.84. The summed E-state index contributed by atoms with van der Waals surface area (Å²) >= 11 is 2.82. The molecule has 1 nitrogen and oxygen atoms in total. The zero-order valence-corrected chi connectivity index (χ0v) is 6.88. The summed E-state index contributed by atoms with van der Waals surface area (Å²) in [7, 11) is 0. The molecule has 0 N–H and O–H groups in total. The van der Waals surface area contributed by atoms with Gasteiger partial charge in [-0.1, -0.05) is 0 Å². The van der Waals surface area contributed by atoms with Crippen molar-refractivity contribution in [3.8, 4) is 0 Å². The molecule has 1 radical (unpaired) electrons. The maximum absolute atomic E-state index is 4.20. The molecule has 0 fully saturated rings. The molecule has 1 heterocycles. The molecule has 0 amide bonds. The summed E-state index contributed by atoms with van der Waals surface area (Å²) in [6.07, 6.45) is 3.09. The molecule has 0 spiro atoms. The van der Waals surface area contributed by atoms with Crippen LogP contribution in [0.1, 0.15) is 0 Å². The van der Waals surface area contributed by atoms with E-state index in [-0.39, 0.29) is 0 Å². The average Bonchev–Trinajstić information content (AvgIpc) is 2.27. The number of hydrogen-bond donors (Lipinski definition) is 0. The van der Waals surface area contributed by atoms with E-state index in [4.69, 9.17) is 0 Å². The van der Waals surface area contributed by atoms with E-state index in [2.05, 4.69) is 26.6 Å². The second kappa shape index (κ2) is 2.15. The van der Waals surface area contributed by atoms with E-state index in [9.17, 15) is 0 Å². The van der Waals surface area contributed by atoms with Crippen LogP contribution in [0.3, 0.4) is 0 Å². The molecule has 0 saturated carbocycles. The summed E-state index contributed by atoms with van der Waals surface area (Å²) in [5.41, 5.74) is 0. The van der Waals surface area contributed by atoms with Gasteiger partial charge in [-0.15, -0.1) is 0 Å². The molecule has 10 heavy (non-hydrogen) atoms. The van der Waals surface area contributed by atoms with Crippen molar-refractivity contribution in [2.45, 2.75) is 0 Å². The van der Waals surface area contributed by atoms with Crippen molar-refractivity contribution in [3.05, 3.63) is 34.8 Å². The Morgan fingerprint density at radius 2 is 2.10 bits per heavy atom. The zero-order valence-electron chi connectivity index (χ0n) is 5.16. The van der Waals surface area contributed by atoms with E-state index >= 15 is 0 Å².